The standard InChI is InChI=1S/C84H59B2N5S/c1-10-31-59(32-11-1)70-49-30-50-71(60-33-12-2-13-34-60)84(70)91-77-58-76-74(86-72-51-28-29-52-80(72)92-81-56-69(55-79(83(81)86)90(76)67-47-26-9-27-48-67)89(65-43-22-7-23-44-65)66-45-24-8-25-46-66)57-73(77)85(61-35-14-3-15-36-61)82-75(87-62-37-16-4-17-38-62)53-68(54-78(82)91)88(63-39-18-5-19-40-63)64-41-20-6-21-42-64/h1-58,87H. The van der Waals surface area contributed by atoms with Crippen LogP contribution in [0.5, 0.6) is 0 Å². The number of nitrogens with zero attached hydrogens (tertiary/aromatic N) is 4. The molecule has 1 N–H and O–H groups in total. The van der Waals surface area contributed by atoms with Gasteiger partial charge in [-0.1, -0.05) is 265 Å². The van der Waals surface area contributed by atoms with Crippen molar-refractivity contribution in [3.8, 4) is 22.3 Å². The Balaban J connectivity index is 1.03. The largest absolute Gasteiger partial charge is 0.356 e. The Morgan fingerprint density at radius 3 is 1.27 bits per heavy atom. The number of para-hydroxylation sites is 7. The summed E-state index contributed by atoms with van der Waals surface area (Å²) in [5.74, 6) is 0. The third-order valence-electron chi connectivity index (χ3n) is 18.2. The third kappa shape index (κ3) is 9.63. The van der Waals surface area contributed by atoms with Gasteiger partial charge in [0.2, 0.25) is 13.4 Å². The van der Waals surface area contributed by atoms with E-state index in [1.807, 2.05) is 11.8 Å². The van der Waals surface area contributed by atoms with E-state index in [1.54, 1.807) is 0 Å². The van der Waals surface area contributed by atoms with Gasteiger partial charge in [0.1, 0.15) is 0 Å². The molecule has 0 aliphatic carbocycles. The fraction of sp³-hybridized carbons (Fsp3) is 0. The van der Waals surface area contributed by atoms with Crippen molar-refractivity contribution < 1.29 is 0 Å². The Morgan fingerprint density at radius 1 is 0.293 bits per heavy atom. The number of fused-ring (bicyclic) bond motifs is 6. The molecular formula is C84H59B2N5S. The fourth-order valence-electron chi connectivity index (χ4n) is 14.4. The second-order valence-electron chi connectivity index (χ2n) is 23.6. The number of hydrogen-bond donors (Lipinski definition) is 1. The molecule has 0 amide bonds. The molecule has 3 aliphatic heterocycles. The fourth-order valence-corrected chi connectivity index (χ4v) is 15.6. The summed E-state index contributed by atoms with van der Waals surface area (Å²) < 4.78 is 0. The van der Waals surface area contributed by atoms with Crippen molar-refractivity contribution in [1.82, 2.24) is 0 Å². The van der Waals surface area contributed by atoms with E-state index in [9.17, 15) is 0 Å². The summed E-state index contributed by atoms with van der Waals surface area (Å²) in [5.41, 5.74) is 26.9. The molecule has 0 saturated heterocycles. The lowest BCUT2D eigenvalue weighted by molar-refractivity contribution is 1.22. The van der Waals surface area contributed by atoms with Crippen LogP contribution in [-0.2, 0) is 0 Å². The van der Waals surface area contributed by atoms with Crippen LogP contribution in [0.3, 0.4) is 0 Å². The maximum atomic E-state index is 4.15. The predicted octanol–water partition coefficient (Wildman–Crippen LogP) is 18.8. The number of rotatable bonds is 13. The molecule has 0 spiro atoms. The van der Waals surface area contributed by atoms with Crippen LogP contribution in [0, 0.1) is 0 Å². The molecule has 17 rings (SSSR count). The molecule has 14 aromatic carbocycles. The monoisotopic (exact) mass is 1190 g/mol. The highest BCUT2D eigenvalue weighted by molar-refractivity contribution is 8.00. The van der Waals surface area contributed by atoms with Gasteiger partial charge in [-0.3, -0.25) is 0 Å². The SMILES string of the molecule is c1ccc(Nc2cc(N(c3ccccc3)c3ccccc3)cc3c2B(c2ccccc2)c2cc4c(cc2N3c2c(-c3ccccc3)cccc2-c2ccccc2)N(c2ccccc2)c2cc(N(c3ccccc3)c3ccccc3)cc3c2B4c2ccccc2S3)cc1. The Bertz CT molecular complexity index is 4860. The van der Waals surface area contributed by atoms with E-state index in [4.69, 9.17) is 0 Å². The Kier molecular flexibility index (Phi) is 14.0. The van der Waals surface area contributed by atoms with E-state index >= 15 is 0 Å². The first-order chi connectivity index (χ1) is 45.7. The quantitative estimate of drug-likeness (QED) is 0.116. The van der Waals surface area contributed by atoms with Gasteiger partial charge in [-0.15, -0.1) is 0 Å². The zero-order valence-corrected chi connectivity index (χ0v) is 51.2. The van der Waals surface area contributed by atoms with E-state index in [1.165, 1.54) is 42.6 Å². The van der Waals surface area contributed by atoms with Crippen LogP contribution < -0.4 is 57.7 Å². The van der Waals surface area contributed by atoms with Gasteiger partial charge in [-0.2, -0.15) is 0 Å². The highest BCUT2D eigenvalue weighted by atomic mass is 32.2. The molecule has 14 aromatic rings. The van der Waals surface area contributed by atoms with Gasteiger partial charge in [0.15, 0.2) is 0 Å². The number of benzene rings is 14. The van der Waals surface area contributed by atoms with E-state index in [0.717, 1.165) is 102 Å². The first-order valence-corrected chi connectivity index (χ1v) is 32.4. The van der Waals surface area contributed by atoms with Crippen molar-refractivity contribution in [1.29, 1.82) is 0 Å². The maximum absolute atomic E-state index is 4.15. The normalized spacial score (nSPS) is 12.4. The summed E-state index contributed by atoms with van der Waals surface area (Å²) >= 11 is 1.89. The molecule has 3 aliphatic rings. The zero-order valence-electron chi connectivity index (χ0n) is 50.3. The van der Waals surface area contributed by atoms with Gasteiger partial charge in [0.05, 0.1) is 11.4 Å². The molecule has 8 heteroatoms. The first-order valence-electron chi connectivity index (χ1n) is 31.6. The van der Waals surface area contributed by atoms with E-state index < -0.39 is 0 Å². The number of nitrogens with one attached hydrogen (secondary N) is 1. The molecule has 3 heterocycles. The van der Waals surface area contributed by atoms with E-state index in [-0.39, 0.29) is 13.4 Å². The molecular weight excluding hydrogens is 1130 g/mol. The Hall–Kier alpha value is -11.4. The third-order valence-corrected chi connectivity index (χ3v) is 19.4. The van der Waals surface area contributed by atoms with Crippen molar-refractivity contribution in [3.63, 3.8) is 0 Å². The summed E-state index contributed by atoms with van der Waals surface area (Å²) in [5, 5.41) is 4.15. The van der Waals surface area contributed by atoms with Crippen molar-refractivity contribution in [3.05, 3.63) is 352 Å². The number of hydrogen-bond acceptors (Lipinski definition) is 6. The maximum Gasteiger partial charge on any atom is 0.249 e. The summed E-state index contributed by atoms with van der Waals surface area (Å²) in [4.78, 5) is 12.6. The molecule has 0 radical (unpaired) electrons. The molecule has 0 aromatic heterocycles. The van der Waals surface area contributed by atoms with Gasteiger partial charge >= 0.3 is 0 Å². The van der Waals surface area contributed by atoms with Gasteiger partial charge < -0.3 is 24.9 Å². The van der Waals surface area contributed by atoms with E-state index in [0.29, 0.717) is 0 Å². The van der Waals surface area contributed by atoms with Crippen LogP contribution >= 0.6 is 11.8 Å². The highest BCUT2D eigenvalue weighted by Crippen LogP contribution is 2.53. The average molecular weight is 1190 g/mol. The van der Waals surface area contributed by atoms with Gasteiger partial charge in [-0.05, 0) is 142 Å². The highest BCUT2D eigenvalue weighted by Gasteiger charge is 2.46. The molecule has 0 saturated carbocycles. The van der Waals surface area contributed by atoms with Crippen LogP contribution in [0.1, 0.15) is 0 Å². The van der Waals surface area contributed by atoms with Gasteiger partial charge in [0, 0.05) is 89.2 Å². The van der Waals surface area contributed by atoms with Gasteiger partial charge in [0.25, 0.3) is 0 Å². The van der Waals surface area contributed by atoms with Crippen LogP contribution in [0.2, 0.25) is 0 Å². The average Bonchev–Trinajstić information content (AvgIpc) is 0.700. The second-order valence-corrected chi connectivity index (χ2v) is 24.7. The van der Waals surface area contributed by atoms with Crippen molar-refractivity contribution in [2.75, 3.05) is 24.9 Å². The van der Waals surface area contributed by atoms with Crippen LogP contribution in [0.4, 0.5) is 79.6 Å². The van der Waals surface area contributed by atoms with Crippen LogP contribution in [0.25, 0.3) is 22.3 Å². The Morgan fingerprint density at radius 2 is 0.728 bits per heavy atom. The molecule has 0 unspecified atom stereocenters. The topological polar surface area (TPSA) is 25.0 Å². The lowest BCUT2D eigenvalue weighted by Gasteiger charge is -2.45. The lowest BCUT2D eigenvalue weighted by Crippen LogP contribution is -2.63. The second kappa shape index (κ2) is 23.5. The minimum atomic E-state index is -0.263. The number of anilines is 14. The summed E-state index contributed by atoms with van der Waals surface area (Å²) in [6.45, 7) is -0.382. The molecule has 92 heavy (non-hydrogen) atoms. The van der Waals surface area contributed by atoms with Crippen molar-refractivity contribution in [2.45, 2.75) is 9.79 Å². The molecule has 0 atom stereocenters. The lowest BCUT2D eigenvalue weighted by atomic mass is 9.31. The minimum Gasteiger partial charge on any atom is -0.356 e. The van der Waals surface area contributed by atoms with Crippen molar-refractivity contribution in [2.24, 2.45) is 0 Å². The van der Waals surface area contributed by atoms with E-state index in [2.05, 4.69) is 377 Å². The molecule has 5 nitrogen and oxygen atoms in total. The van der Waals surface area contributed by atoms with Crippen LogP contribution in [0.15, 0.2) is 362 Å². The molecule has 432 valence electrons. The summed E-state index contributed by atoms with van der Waals surface area (Å²) in [6.07, 6.45) is 0. The summed E-state index contributed by atoms with van der Waals surface area (Å²) in [6, 6.07) is 129. The van der Waals surface area contributed by atoms with Gasteiger partial charge in [-0.25, -0.2) is 0 Å². The van der Waals surface area contributed by atoms with Crippen LogP contribution in [-0.4, -0.2) is 13.4 Å². The minimum absolute atomic E-state index is 0.119. The zero-order chi connectivity index (χ0) is 60.9. The first kappa shape index (κ1) is 54.7. The Labute approximate surface area is 543 Å². The smallest absolute Gasteiger partial charge is 0.249 e. The molecule has 0 fully saturated rings. The summed E-state index contributed by atoms with van der Waals surface area (Å²) in [7, 11) is 0. The molecule has 0 bridgehead atoms. The predicted molar refractivity (Wildman–Crippen MR) is 392 cm³/mol. The van der Waals surface area contributed by atoms with Crippen molar-refractivity contribution >= 4 is 138 Å².